The predicted octanol–water partition coefficient (Wildman–Crippen LogP) is 3.75. The summed E-state index contributed by atoms with van der Waals surface area (Å²) < 4.78 is 15.8. The molecule has 0 aliphatic rings. The number of pyridine rings is 1. The molecule has 1 unspecified atom stereocenters. The number of H-pyrrole nitrogens is 1. The standard InChI is InChI=1S/C15H13FN4S/c1-10(12-3-2-4-13(16)9-12)20-14(18-19-15(20)21)11-5-7-17-8-6-11/h2-10H,1H3,(H,19,21). The zero-order chi connectivity index (χ0) is 14.8. The van der Waals surface area contributed by atoms with Gasteiger partial charge in [-0.3, -0.25) is 14.6 Å². The third-order valence-corrected chi connectivity index (χ3v) is 3.65. The van der Waals surface area contributed by atoms with E-state index in [2.05, 4.69) is 15.2 Å². The van der Waals surface area contributed by atoms with E-state index in [4.69, 9.17) is 12.2 Å². The topological polar surface area (TPSA) is 46.5 Å². The van der Waals surface area contributed by atoms with Crippen LogP contribution in [-0.2, 0) is 0 Å². The van der Waals surface area contributed by atoms with E-state index >= 15 is 0 Å². The fourth-order valence-corrected chi connectivity index (χ4v) is 2.57. The van der Waals surface area contributed by atoms with E-state index in [1.807, 2.05) is 29.7 Å². The van der Waals surface area contributed by atoms with Crippen molar-refractivity contribution in [1.29, 1.82) is 0 Å². The number of aromatic nitrogens is 4. The molecule has 1 aromatic carbocycles. The summed E-state index contributed by atoms with van der Waals surface area (Å²) in [5.41, 5.74) is 1.74. The Bertz CT molecular complexity index is 810. The third-order valence-electron chi connectivity index (χ3n) is 3.36. The highest BCUT2D eigenvalue weighted by Crippen LogP contribution is 2.25. The molecule has 1 atom stereocenters. The molecule has 2 aromatic heterocycles. The lowest BCUT2D eigenvalue weighted by Crippen LogP contribution is -2.09. The average Bonchev–Trinajstić information content (AvgIpc) is 2.89. The summed E-state index contributed by atoms with van der Waals surface area (Å²) in [4.78, 5) is 4.00. The number of nitrogens with one attached hydrogen (secondary N) is 1. The lowest BCUT2D eigenvalue weighted by Gasteiger charge is -2.16. The number of aromatic amines is 1. The molecule has 3 aromatic rings. The van der Waals surface area contributed by atoms with Gasteiger partial charge in [-0.15, -0.1) is 0 Å². The Morgan fingerprint density at radius 1 is 1.24 bits per heavy atom. The normalized spacial score (nSPS) is 12.3. The Balaban J connectivity index is 2.11. The lowest BCUT2D eigenvalue weighted by molar-refractivity contribution is 0.603. The van der Waals surface area contributed by atoms with Crippen LogP contribution in [0.4, 0.5) is 4.39 Å². The Labute approximate surface area is 126 Å². The number of hydrogen-bond acceptors (Lipinski definition) is 3. The van der Waals surface area contributed by atoms with Crippen molar-refractivity contribution in [2.75, 3.05) is 0 Å². The predicted molar refractivity (Wildman–Crippen MR) is 80.9 cm³/mol. The van der Waals surface area contributed by atoms with Crippen LogP contribution in [0.15, 0.2) is 48.8 Å². The number of rotatable bonds is 3. The minimum absolute atomic E-state index is 0.130. The summed E-state index contributed by atoms with van der Waals surface area (Å²) in [6.45, 7) is 1.96. The molecule has 21 heavy (non-hydrogen) atoms. The van der Waals surface area contributed by atoms with Gasteiger partial charge in [0.25, 0.3) is 0 Å². The van der Waals surface area contributed by atoms with E-state index in [-0.39, 0.29) is 11.9 Å². The van der Waals surface area contributed by atoms with Crippen LogP contribution in [0.25, 0.3) is 11.4 Å². The van der Waals surface area contributed by atoms with Gasteiger partial charge in [-0.05, 0) is 49.0 Å². The zero-order valence-electron chi connectivity index (χ0n) is 11.3. The first-order valence-corrected chi connectivity index (χ1v) is 6.90. The molecule has 3 rings (SSSR count). The summed E-state index contributed by atoms with van der Waals surface area (Å²) in [5.74, 6) is 0.444. The van der Waals surface area contributed by atoms with Gasteiger partial charge in [-0.25, -0.2) is 4.39 Å². The van der Waals surface area contributed by atoms with Crippen LogP contribution in [0.1, 0.15) is 18.5 Å². The van der Waals surface area contributed by atoms with Gasteiger partial charge >= 0.3 is 0 Å². The monoisotopic (exact) mass is 300 g/mol. The van der Waals surface area contributed by atoms with Crippen LogP contribution in [-0.4, -0.2) is 19.7 Å². The molecule has 0 saturated heterocycles. The highest BCUT2D eigenvalue weighted by atomic mass is 32.1. The first-order valence-electron chi connectivity index (χ1n) is 6.49. The van der Waals surface area contributed by atoms with Gasteiger partial charge in [0.05, 0.1) is 6.04 Å². The van der Waals surface area contributed by atoms with E-state index in [1.165, 1.54) is 12.1 Å². The van der Waals surface area contributed by atoms with Crippen molar-refractivity contribution in [2.45, 2.75) is 13.0 Å². The average molecular weight is 300 g/mol. The Hall–Kier alpha value is -2.34. The molecule has 2 heterocycles. The second-order valence-electron chi connectivity index (χ2n) is 4.69. The smallest absolute Gasteiger partial charge is 0.196 e. The molecule has 0 radical (unpaired) electrons. The summed E-state index contributed by atoms with van der Waals surface area (Å²) in [5, 5.41) is 7.08. The molecule has 1 N–H and O–H groups in total. The summed E-state index contributed by atoms with van der Waals surface area (Å²) in [7, 11) is 0. The van der Waals surface area contributed by atoms with Crippen molar-refractivity contribution < 1.29 is 4.39 Å². The van der Waals surface area contributed by atoms with E-state index in [0.29, 0.717) is 10.6 Å². The van der Waals surface area contributed by atoms with Crippen LogP contribution < -0.4 is 0 Å². The SMILES string of the molecule is CC(c1cccc(F)c1)n1c(-c2ccncc2)n[nH]c1=S. The fraction of sp³-hybridized carbons (Fsp3) is 0.133. The van der Waals surface area contributed by atoms with E-state index in [0.717, 1.165) is 11.1 Å². The second kappa shape index (κ2) is 5.57. The van der Waals surface area contributed by atoms with Crippen molar-refractivity contribution >= 4 is 12.2 Å². The largest absolute Gasteiger partial charge is 0.293 e. The number of hydrogen-bond donors (Lipinski definition) is 1. The quantitative estimate of drug-likeness (QED) is 0.749. The maximum Gasteiger partial charge on any atom is 0.196 e. The van der Waals surface area contributed by atoms with Gasteiger partial charge in [0, 0.05) is 18.0 Å². The lowest BCUT2D eigenvalue weighted by atomic mass is 10.1. The van der Waals surface area contributed by atoms with Gasteiger partial charge < -0.3 is 0 Å². The summed E-state index contributed by atoms with van der Waals surface area (Å²) in [6.07, 6.45) is 3.40. The minimum atomic E-state index is -0.264. The molecular formula is C15H13FN4S. The molecule has 0 bridgehead atoms. The molecule has 6 heteroatoms. The Morgan fingerprint density at radius 3 is 2.71 bits per heavy atom. The Kier molecular flexibility index (Phi) is 3.62. The molecule has 0 aliphatic carbocycles. The van der Waals surface area contributed by atoms with Gasteiger partial charge in [-0.2, -0.15) is 5.10 Å². The maximum atomic E-state index is 13.4. The van der Waals surface area contributed by atoms with Gasteiger partial charge in [0.15, 0.2) is 10.6 Å². The number of benzene rings is 1. The molecule has 0 saturated carbocycles. The molecule has 0 fully saturated rings. The van der Waals surface area contributed by atoms with E-state index < -0.39 is 0 Å². The summed E-state index contributed by atoms with van der Waals surface area (Å²) >= 11 is 5.32. The van der Waals surface area contributed by atoms with Crippen molar-refractivity contribution in [1.82, 2.24) is 19.7 Å². The van der Waals surface area contributed by atoms with Gasteiger partial charge in [0.2, 0.25) is 0 Å². The van der Waals surface area contributed by atoms with E-state index in [9.17, 15) is 4.39 Å². The van der Waals surface area contributed by atoms with Crippen molar-refractivity contribution in [3.8, 4) is 11.4 Å². The minimum Gasteiger partial charge on any atom is -0.293 e. The Morgan fingerprint density at radius 2 is 2.00 bits per heavy atom. The van der Waals surface area contributed by atoms with Crippen LogP contribution in [0.2, 0.25) is 0 Å². The first-order chi connectivity index (χ1) is 10.2. The van der Waals surface area contributed by atoms with Crippen molar-refractivity contribution in [3.05, 3.63) is 64.9 Å². The van der Waals surface area contributed by atoms with Gasteiger partial charge in [0.1, 0.15) is 5.82 Å². The fourth-order valence-electron chi connectivity index (χ4n) is 2.28. The molecule has 4 nitrogen and oxygen atoms in total. The van der Waals surface area contributed by atoms with Crippen molar-refractivity contribution in [2.24, 2.45) is 0 Å². The second-order valence-corrected chi connectivity index (χ2v) is 5.08. The van der Waals surface area contributed by atoms with Gasteiger partial charge in [-0.1, -0.05) is 12.1 Å². The highest BCUT2D eigenvalue weighted by molar-refractivity contribution is 7.71. The number of nitrogens with zero attached hydrogens (tertiary/aromatic N) is 3. The first kappa shape index (κ1) is 13.6. The van der Waals surface area contributed by atoms with Crippen LogP contribution in [0.5, 0.6) is 0 Å². The van der Waals surface area contributed by atoms with Crippen LogP contribution in [0, 0.1) is 10.6 Å². The number of halogens is 1. The van der Waals surface area contributed by atoms with Crippen LogP contribution in [0.3, 0.4) is 0 Å². The summed E-state index contributed by atoms with van der Waals surface area (Å²) in [6, 6.07) is 10.1. The molecular weight excluding hydrogens is 287 g/mol. The molecule has 106 valence electrons. The highest BCUT2D eigenvalue weighted by Gasteiger charge is 2.16. The molecule has 0 aliphatic heterocycles. The third kappa shape index (κ3) is 2.62. The van der Waals surface area contributed by atoms with Crippen molar-refractivity contribution in [3.63, 3.8) is 0 Å². The van der Waals surface area contributed by atoms with E-state index in [1.54, 1.807) is 18.5 Å². The zero-order valence-corrected chi connectivity index (χ0v) is 12.1. The van der Waals surface area contributed by atoms with Crippen LogP contribution >= 0.6 is 12.2 Å². The maximum absolute atomic E-state index is 13.4. The molecule has 0 spiro atoms. The molecule has 0 amide bonds.